The first kappa shape index (κ1) is 31.1. The summed E-state index contributed by atoms with van der Waals surface area (Å²) in [4.78, 5) is 24.6. The fraction of sp³-hybridized carbons (Fsp3) is 0.789. The summed E-state index contributed by atoms with van der Waals surface area (Å²) in [5.41, 5.74) is 0. The SMILES string of the molecule is C=CCOC(=O)C(OCCCCC(F)(F)C(F)(F)S(=O)(=O)O)(OC(=O)C1CCCCC1)C(F)(F)F. The molecule has 0 aromatic carbocycles. The summed E-state index contributed by atoms with van der Waals surface area (Å²) in [7, 11) is -6.48. The van der Waals surface area contributed by atoms with Gasteiger partial charge in [-0.05, 0) is 25.7 Å². The zero-order chi connectivity index (χ0) is 27.1. The van der Waals surface area contributed by atoms with Crippen LogP contribution in [0, 0.1) is 5.92 Å². The number of ether oxygens (including phenoxy) is 3. The van der Waals surface area contributed by atoms with Crippen LogP contribution >= 0.6 is 0 Å². The molecule has 1 atom stereocenters. The van der Waals surface area contributed by atoms with Gasteiger partial charge in [-0.1, -0.05) is 31.9 Å². The van der Waals surface area contributed by atoms with Gasteiger partial charge in [0, 0.05) is 6.42 Å². The number of carbonyl (C=O) groups is 2. The van der Waals surface area contributed by atoms with Crippen molar-refractivity contribution < 1.29 is 67.5 Å². The van der Waals surface area contributed by atoms with E-state index in [1.54, 1.807) is 0 Å². The van der Waals surface area contributed by atoms with Gasteiger partial charge in [0.25, 0.3) is 0 Å². The summed E-state index contributed by atoms with van der Waals surface area (Å²) in [5.74, 6) is -14.0. The summed E-state index contributed by atoms with van der Waals surface area (Å²) >= 11 is 0. The van der Waals surface area contributed by atoms with Gasteiger partial charge in [0.15, 0.2) is 0 Å². The molecule has 1 unspecified atom stereocenters. The molecule has 0 heterocycles. The minimum atomic E-state index is -6.48. The third kappa shape index (κ3) is 7.52. The Morgan fingerprint density at radius 3 is 2.06 bits per heavy atom. The zero-order valence-corrected chi connectivity index (χ0v) is 19.1. The number of halogens is 7. The number of hydrogen-bond donors (Lipinski definition) is 1. The summed E-state index contributed by atoms with van der Waals surface area (Å²) in [6.07, 6.45) is -6.28. The maximum absolute atomic E-state index is 13.9. The number of rotatable bonds is 13. The van der Waals surface area contributed by atoms with Crippen molar-refractivity contribution in [2.45, 2.75) is 74.5 Å². The molecule has 0 saturated heterocycles. The van der Waals surface area contributed by atoms with Crippen LogP contribution in [-0.2, 0) is 33.9 Å². The summed E-state index contributed by atoms with van der Waals surface area (Å²) in [6.45, 7) is 1.23. The highest BCUT2D eigenvalue weighted by atomic mass is 32.2. The van der Waals surface area contributed by atoms with Gasteiger partial charge in [0.2, 0.25) is 0 Å². The van der Waals surface area contributed by atoms with Crippen LogP contribution in [0.1, 0.15) is 51.4 Å². The molecule has 16 heteroatoms. The lowest BCUT2D eigenvalue weighted by atomic mass is 9.89. The highest BCUT2D eigenvalue weighted by Crippen LogP contribution is 2.42. The van der Waals surface area contributed by atoms with Gasteiger partial charge < -0.3 is 14.2 Å². The largest absolute Gasteiger partial charge is 0.468 e. The minimum Gasteiger partial charge on any atom is -0.456 e. The van der Waals surface area contributed by atoms with E-state index in [1.165, 1.54) is 0 Å². The quantitative estimate of drug-likeness (QED) is 0.0903. The molecule has 0 bridgehead atoms. The van der Waals surface area contributed by atoms with E-state index in [9.17, 15) is 48.7 Å². The van der Waals surface area contributed by atoms with Crippen LogP contribution in [-0.4, -0.2) is 61.3 Å². The fourth-order valence-electron chi connectivity index (χ4n) is 3.18. The Balaban J connectivity index is 3.00. The summed E-state index contributed by atoms with van der Waals surface area (Å²) in [5, 5.41) is -5.85. The monoisotopic (exact) mass is 546 g/mol. The Kier molecular flexibility index (Phi) is 10.5. The minimum absolute atomic E-state index is 0.200. The molecule has 0 aliphatic heterocycles. The van der Waals surface area contributed by atoms with Crippen molar-refractivity contribution in [3.05, 3.63) is 12.7 Å². The highest BCUT2D eigenvalue weighted by Gasteiger charge is 2.68. The molecule has 204 valence electrons. The average Bonchev–Trinajstić information content (AvgIpc) is 2.75. The molecule has 1 aliphatic rings. The first-order chi connectivity index (χ1) is 15.9. The maximum atomic E-state index is 13.9. The smallest absolute Gasteiger partial charge is 0.456 e. The number of esters is 2. The molecule has 1 saturated carbocycles. The summed E-state index contributed by atoms with van der Waals surface area (Å²) < 4.78 is 138. The van der Waals surface area contributed by atoms with E-state index < -0.39 is 83.6 Å². The molecule has 0 radical (unpaired) electrons. The van der Waals surface area contributed by atoms with E-state index >= 15 is 0 Å². The standard InChI is InChI=1S/C19H25F7O8S/c1-2-11-32-15(28)17(18(22,23)24,34-14(27)13-8-4-3-5-9-13)33-12-7-6-10-16(20,21)19(25,26)35(29,30)31/h2,13H,1,3-12H2,(H,29,30,31). The molecule has 0 spiro atoms. The number of hydrogen-bond acceptors (Lipinski definition) is 7. The van der Waals surface area contributed by atoms with E-state index in [1.807, 2.05) is 0 Å². The lowest BCUT2D eigenvalue weighted by molar-refractivity contribution is -0.356. The Hall–Kier alpha value is -1.94. The van der Waals surface area contributed by atoms with Crippen LogP contribution in [0.15, 0.2) is 12.7 Å². The maximum Gasteiger partial charge on any atom is 0.468 e. The second-order valence-electron chi connectivity index (χ2n) is 7.76. The van der Waals surface area contributed by atoms with Gasteiger partial charge in [0.05, 0.1) is 12.5 Å². The van der Waals surface area contributed by atoms with Crippen molar-refractivity contribution in [2.75, 3.05) is 13.2 Å². The van der Waals surface area contributed by atoms with Crippen molar-refractivity contribution in [3.63, 3.8) is 0 Å². The third-order valence-corrected chi connectivity index (χ3v) is 6.04. The van der Waals surface area contributed by atoms with Crippen molar-refractivity contribution in [2.24, 2.45) is 5.92 Å². The van der Waals surface area contributed by atoms with Crippen molar-refractivity contribution in [1.82, 2.24) is 0 Å². The molecule has 35 heavy (non-hydrogen) atoms. The number of alkyl halides is 7. The van der Waals surface area contributed by atoms with Crippen LogP contribution in [0.25, 0.3) is 0 Å². The molecule has 8 nitrogen and oxygen atoms in total. The zero-order valence-electron chi connectivity index (χ0n) is 18.3. The van der Waals surface area contributed by atoms with Crippen molar-refractivity contribution >= 4 is 22.1 Å². The molecule has 1 fully saturated rings. The fourth-order valence-corrected chi connectivity index (χ4v) is 3.66. The number of carbonyl (C=O) groups excluding carboxylic acids is 2. The van der Waals surface area contributed by atoms with Crippen LogP contribution in [0.3, 0.4) is 0 Å². The van der Waals surface area contributed by atoms with Crippen molar-refractivity contribution in [3.8, 4) is 0 Å². The second-order valence-corrected chi connectivity index (χ2v) is 9.22. The van der Waals surface area contributed by atoms with Gasteiger partial charge in [0.1, 0.15) is 6.61 Å². The molecule has 0 aromatic heterocycles. The van der Waals surface area contributed by atoms with Crippen LogP contribution in [0.2, 0.25) is 0 Å². The third-order valence-electron chi connectivity index (χ3n) is 5.10. The summed E-state index contributed by atoms with van der Waals surface area (Å²) in [6, 6.07) is 0. The molecule has 1 rings (SSSR count). The first-order valence-corrected chi connectivity index (χ1v) is 11.8. The highest BCUT2D eigenvalue weighted by molar-refractivity contribution is 7.87. The molecule has 0 aromatic rings. The topological polar surface area (TPSA) is 116 Å². The van der Waals surface area contributed by atoms with Crippen molar-refractivity contribution in [1.29, 1.82) is 0 Å². The molecule has 1 aliphatic carbocycles. The molecular weight excluding hydrogens is 521 g/mol. The second kappa shape index (κ2) is 11.9. The van der Waals surface area contributed by atoms with Gasteiger partial charge in [-0.2, -0.15) is 39.2 Å². The van der Waals surface area contributed by atoms with E-state index in [4.69, 9.17) is 4.55 Å². The van der Waals surface area contributed by atoms with Gasteiger partial charge in [-0.3, -0.25) is 9.35 Å². The van der Waals surface area contributed by atoms with E-state index in [-0.39, 0.29) is 12.8 Å². The Bertz CT molecular complexity index is 854. The van der Waals surface area contributed by atoms with Crippen LogP contribution in [0.4, 0.5) is 30.7 Å². The lowest BCUT2D eigenvalue weighted by Crippen LogP contribution is -2.59. The molecular formula is C19H25F7O8S. The van der Waals surface area contributed by atoms with Crippen LogP contribution in [0.5, 0.6) is 0 Å². The van der Waals surface area contributed by atoms with E-state index in [0.717, 1.165) is 12.5 Å². The first-order valence-electron chi connectivity index (χ1n) is 10.4. The molecule has 0 amide bonds. The Labute approximate surface area is 196 Å². The average molecular weight is 546 g/mol. The normalized spacial score (nSPS) is 17.9. The predicted octanol–water partition coefficient (Wildman–Crippen LogP) is 4.40. The van der Waals surface area contributed by atoms with Gasteiger partial charge >= 0.3 is 45.2 Å². The Morgan fingerprint density at radius 1 is 1.00 bits per heavy atom. The van der Waals surface area contributed by atoms with Gasteiger partial charge in [-0.15, -0.1) is 0 Å². The number of unbranched alkanes of at least 4 members (excludes halogenated alkanes) is 1. The van der Waals surface area contributed by atoms with E-state index in [0.29, 0.717) is 12.8 Å². The van der Waals surface area contributed by atoms with Gasteiger partial charge in [-0.25, -0.2) is 4.79 Å². The van der Waals surface area contributed by atoms with Crippen LogP contribution < -0.4 is 0 Å². The lowest BCUT2D eigenvalue weighted by Gasteiger charge is -2.34. The Morgan fingerprint density at radius 2 is 1.57 bits per heavy atom. The molecule has 1 N–H and O–H groups in total. The predicted molar refractivity (Wildman–Crippen MR) is 104 cm³/mol. The van der Waals surface area contributed by atoms with E-state index in [2.05, 4.69) is 20.8 Å².